The van der Waals surface area contributed by atoms with Crippen molar-refractivity contribution >= 4 is 21.9 Å². The molecule has 0 heterocycles. The Labute approximate surface area is 139 Å². The van der Waals surface area contributed by atoms with E-state index in [1.807, 2.05) is 6.21 Å². The largest absolute Gasteiger partial charge is 0.388 e. The van der Waals surface area contributed by atoms with E-state index >= 15 is 0 Å². The maximum atomic E-state index is 11.1. The topological polar surface area (TPSA) is 78.8 Å². The highest BCUT2D eigenvalue weighted by atomic mass is 32.2. The zero-order valence-electron chi connectivity index (χ0n) is 14.0. The van der Waals surface area contributed by atoms with E-state index in [0.717, 1.165) is 31.2 Å². The number of hydrogen-bond donors (Lipinski definition) is 2. The summed E-state index contributed by atoms with van der Waals surface area (Å²) < 4.78 is 24.7. The number of hydrogen-bond acceptors (Lipinski definition) is 4. The normalized spacial score (nSPS) is 13.3. The van der Waals surface area contributed by atoms with Crippen LogP contribution in [0.15, 0.2) is 29.3 Å². The van der Waals surface area contributed by atoms with Gasteiger partial charge in [-0.15, -0.1) is 0 Å². The Morgan fingerprint density at radius 1 is 1.22 bits per heavy atom. The molecule has 0 spiro atoms. The maximum Gasteiger partial charge on any atom is 0.229 e. The Balaban J connectivity index is 2.32. The lowest BCUT2D eigenvalue weighted by Gasteiger charge is -2.10. The molecule has 130 valence electrons. The molecular weight excluding hydrogens is 312 g/mol. The second kappa shape index (κ2) is 10.4. The van der Waals surface area contributed by atoms with Crippen molar-refractivity contribution in [3.05, 3.63) is 29.8 Å². The van der Waals surface area contributed by atoms with E-state index in [1.165, 1.54) is 19.3 Å². The van der Waals surface area contributed by atoms with Crippen molar-refractivity contribution < 1.29 is 13.5 Å². The van der Waals surface area contributed by atoms with E-state index in [0.29, 0.717) is 12.1 Å². The molecule has 0 radical (unpaired) electrons. The van der Waals surface area contributed by atoms with Crippen LogP contribution in [0.4, 0.5) is 5.69 Å². The second-order valence-electron chi connectivity index (χ2n) is 5.74. The zero-order valence-corrected chi connectivity index (χ0v) is 14.8. The summed E-state index contributed by atoms with van der Waals surface area (Å²) >= 11 is 0. The van der Waals surface area contributed by atoms with Gasteiger partial charge in [-0.25, -0.2) is 8.42 Å². The van der Waals surface area contributed by atoms with Gasteiger partial charge in [0.2, 0.25) is 10.0 Å². The van der Waals surface area contributed by atoms with Crippen LogP contribution in [0.3, 0.4) is 0 Å². The number of aliphatic imine (C=N–C) groups is 1. The molecule has 1 aromatic rings. The fourth-order valence-corrected chi connectivity index (χ4v) is 2.76. The molecule has 0 aliphatic carbocycles. The first-order chi connectivity index (χ1) is 10.9. The van der Waals surface area contributed by atoms with Crippen LogP contribution < -0.4 is 4.72 Å². The highest BCUT2D eigenvalue weighted by molar-refractivity contribution is 7.92. The van der Waals surface area contributed by atoms with Gasteiger partial charge in [0.05, 0.1) is 12.4 Å². The summed E-state index contributed by atoms with van der Waals surface area (Å²) in [6.07, 6.45) is 8.62. The summed E-state index contributed by atoms with van der Waals surface area (Å²) in [5.74, 6) is 0. The number of aliphatic hydroxyl groups excluding tert-OH is 1. The first kappa shape index (κ1) is 19.6. The Hall–Kier alpha value is -1.40. The summed E-state index contributed by atoms with van der Waals surface area (Å²) in [5, 5.41) is 10.1. The molecule has 0 fully saturated rings. The lowest BCUT2D eigenvalue weighted by molar-refractivity contribution is 0.170. The highest BCUT2D eigenvalue weighted by Gasteiger charge is 2.07. The molecule has 1 unspecified atom stereocenters. The maximum absolute atomic E-state index is 11.1. The van der Waals surface area contributed by atoms with E-state index in [2.05, 4.69) is 16.6 Å². The molecule has 2 N–H and O–H groups in total. The SMILES string of the molecule is CCCCCCN=CCCC(O)c1ccc(NS(C)(=O)=O)cc1. The second-order valence-corrected chi connectivity index (χ2v) is 7.49. The first-order valence-electron chi connectivity index (χ1n) is 8.16. The van der Waals surface area contributed by atoms with Gasteiger partial charge in [0.15, 0.2) is 0 Å². The lowest BCUT2D eigenvalue weighted by Crippen LogP contribution is -2.09. The average molecular weight is 340 g/mol. The van der Waals surface area contributed by atoms with Crippen molar-refractivity contribution in [2.75, 3.05) is 17.5 Å². The molecule has 1 aromatic carbocycles. The number of unbranched alkanes of at least 4 members (excludes halogenated alkanes) is 3. The smallest absolute Gasteiger partial charge is 0.229 e. The molecule has 1 atom stereocenters. The van der Waals surface area contributed by atoms with E-state index in [9.17, 15) is 13.5 Å². The number of nitrogens with zero attached hydrogens (tertiary/aromatic N) is 1. The summed E-state index contributed by atoms with van der Waals surface area (Å²) in [6.45, 7) is 3.05. The Morgan fingerprint density at radius 2 is 1.91 bits per heavy atom. The molecule has 1 rings (SSSR count). The molecule has 0 saturated heterocycles. The predicted molar refractivity (Wildman–Crippen MR) is 96.6 cm³/mol. The fourth-order valence-electron chi connectivity index (χ4n) is 2.20. The minimum atomic E-state index is -3.27. The van der Waals surface area contributed by atoms with Gasteiger partial charge >= 0.3 is 0 Å². The number of anilines is 1. The van der Waals surface area contributed by atoms with Gasteiger partial charge in [-0.1, -0.05) is 38.3 Å². The third-order valence-corrected chi connectivity index (χ3v) is 4.04. The van der Waals surface area contributed by atoms with Crippen LogP contribution in [-0.2, 0) is 10.0 Å². The fraction of sp³-hybridized carbons (Fsp3) is 0.588. The molecular formula is C17H28N2O3S. The lowest BCUT2D eigenvalue weighted by atomic mass is 10.1. The standard InChI is InChI=1S/C17H28N2O3S/c1-3-4-5-6-13-18-14-7-8-17(20)15-9-11-16(12-10-15)19-23(2,21)22/h9-12,14,17,19-20H,3-8,13H2,1-2H3. The van der Waals surface area contributed by atoms with Crippen molar-refractivity contribution in [3.63, 3.8) is 0 Å². The van der Waals surface area contributed by atoms with Gasteiger partial charge in [0, 0.05) is 12.2 Å². The van der Waals surface area contributed by atoms with Crippen molar-refractivity contribution in [1.29, 1.82) is 0 Å². The number of nitrogens with one attached hydrogen (secondary N) is 1. The third kappa shape index (κ3) is 9.36. The van der Waals surface area contributed by atoms with Crippen LogP contribution in [0.1, 0.15) is 57.1 Å². The summed E-state index contributed by atoms with van der Waals surface area (Å²) in [6, 6.07) is 6.78. The predicted octanol–water partition coefficient (Wildman–Crippen LogP) is 3.52. The molecule has 0 aliphatic heterocycles. The quantitative estimate of drug-likeness (QED) is 0.478. The number of benzene rings is 1. The minimum absolute atomic E-state index is 0.497. The minimum Gasteiger partial charge on any atom is -0.388 e. The van der Waals surface area contributed by atoms with Crippen LogP contribution in [-0.4, -0.2) is 32.5 Å². The van der Waals surface area contributed by atoms with Crippen LogP contribution in [0.2, 0.25) is 0 Å². The van der Waals surface area contributed by atoms with Crippen LogP contribution >= 0.6 is 0 Å². The van der Waals surface area contributed by atoms with Gasteiger partial charge in [-0.3, -0.25) is 9.71 Å². The summed E-state index contributed by atoms with van der Waals surface area (Å²) in [4.78, 5) is 4.35. The van der Waals surface area contributed by atoms with E-state index in [1.54, 1.807) is 24.3 Å². The summed E-state index contributed by atoms with van der Waals surface area (Å²) in [7, 11) is -3.27. The van der Waals surface area contributed by atoms with Crippen molar-refractivity contribution in [2.45, 2.75) is 51.6 Å². The zero-order chi connectivity index (χ0) is 17.1. The van der Waals surface area contributed by atoms with Gasteiger partial charge in [-0.2, -0.15) is 0 Å². The molecule has 5 nitrogen and oxygen atoms in total. The van der Waals surface area contributed by atoms with Gasteiger partial charge in [0.1, 0.15) is 0 Å². The Bertz CT molecular complexity index is 568. The number of aliphatic hydroxyl groups is 1. The summed E-state index contributed by atoms with van der Waals surface area (Å²) in [5.41, 5.74) is 1.28. The molecule has 0 aromatic heterocycles. The molecule has 0 saturated carbocycles. The third-order valence-electron chi connectivity index (χ3n) is 3.44. The number of rotatable bonds is 11. The molecule has 6 heteroatoms. The van der Waals surface area contributed by atoms with E-state index < -0.39 is 16.1 Å². The molecule has 0 bridgehead atoms. The van der Waals surface area contributed by atoms with Crippen molar-refractivity contribution in [3.8, 4) is 0 Å². The van der Waals surface area contributed by atoms with Gasteiger partial charge in [0.25, 0.3) is 0 Å². The van der Waals surface area contributed by atoms with Crippen molar-refractivity contribution in [2.24, 2.45) is 4.99 Å². The highest BCUT2D eigenvalue weighted by Crippen LogP contribution is 2.20. The van der Waals surface area contributed by atoms with Crippen molar-refractivity contribution in [1.82, 2.24) is 0 Å². The van der Waals surface area contributed by atoms with Gasteiger partial charge in [-0.05, 0) is 43.2 Å². The molecule has 0 aliphatic rings. The van der Waals surface area contributed by atoms with Crippen LogP contribution in [0, 0.1) is 0 Å². The molecule has 0 amide bonds. The Morgan fingerprint density at radius 3 is 2.52 bits per heavy atom. The van der Waals surface area contributed by atoms with Crippen LogP contribution in [0.5, 0.6) is 0 Å². The average Bonchev–Trinajstić information content (AvgIpc) is 2.49. The van der Waals surface area contributed by atoms with E-state index in [-0.39, 0.29) is 0 Å². The molecule has 23 heavy (non-hydrogen) atoms. The van der Waals surface area contributed by atoms with E-state index in [4.69, 9.17) is 0 Å². The monoisotopic (exact) mass is 340 g/mol. The Kier molecular flexibility index (Phi) is 8.87. The first-order valence-corrected chi connectivity index (χ1v) is 10.1. The van der Waals surface area contributed by atoms with Gasteiger partial charge < -0.3 is 5.11 Å². The number of sulfonamides is 1. The van der Waals surface area contributed by atoms with Crippen LogP contribution in [0.25, 0.3) is 0 Å².